The molecular weight excluding hydrogens is 479 g/mol. The quantitative estimate of drug-likeness (QED) is 0.535. The maximum absolute atomic E-state index is 12.7. The van der Waals surface area contributed by atoms with Crippen LogP contribution in [0.5, 0.6) is 5.75 Å². The van der Waals surface area contributed by atoms with Crippen molar-refractivity contribution in [2.24, 2.45) is 0 Å². The fourth-order valence-corrected chi connectivity index (χ4v) is 5.19. The largest absolute Gasteiger partial charge is 0.573 e. The number of amides is 1. The van der Waals surface area contributed by atoms with Crippen LogP contribution in [-0.4, -0.2) is 63.0 Å². The van der Waals surface area contributed by atoms with Crippen LogP contribution in [0.25, 0.3) is 10.2 Å². The van der Waals surface area contributed by atoms with E-state index in [1.165, 1.54) is 41.7 Å². The molecule has 0 spiro atoms. The first-order chi connectivity index (χ1) is 15.5. The van der Waals surface area contributed by atoms with E-state index in [-0.39, 0.29) is 23.0 Å². The molecule has 3 aromatic rings. The van der Waals surface area contributed by atoms with Crippen molar-refractivity contribution in [1.82, 2.24) is 9.88 Å². The predicted molar refractivity (Wildman–Crippen MR) is 118 cm³/mol. The smallest absolute Gasteiger partial charge is 0.406 e. The average Bonchev–Trinajstić information content (AvgIpc) is 3.16. The number of sulfone groups is 1. The third-order valence-corrected chi connectivity index (χ3v) is 7.40. The summed E-state index contributed by atoms with van der Waals surface area (Å²) in [6, 6.07) is 10.3. The Morgan fingerprint density at radius 2 is 1.76 bits per heavy atom. The summed E-state index contributed by atoms with van der Waals surface area (Å²) in [7, 11) is -3.28. The van der Waals surface area contributed by atoms with Gasteiger partial charge in [0.2, 0.25) is 5.91 Å². The van der Waals surface area contributed by atoms with Gasteiger partial charge >= 0.3 is 6.36 Å². The van der Waals surface area contributed by atoms with Crippen molar-refractivity contribution >= 4 is 42.4 Å². The number of ether oxygens (including phenoxy) is 1. The third kappa shape index (κ3) is 5.74. The SMILES string of the molecule is CS(=O)(=O)c1ccc(CC(=O)N2CCN(c3nc4ccc(OC(F)(F)F)cc4s3)CC2)cc1. The maximum Gasteiger partial charge on any atom is 0.573 e. The molecule has 176 valence electrons. The Hall–Kier alpha value is -2.86. The molecule has 0 aliphatic carbocycles. The molecule has 12 heteroatoms. The number of rotatable bonds is 5. The summed E-state index contributed by atoms with van der Waals surface area (Å²) >= 11 is 1.27. The Morgan fingerprint density at radius 1 is 1.09 bits per heavy atom. The van der Waals surface area contributed by atoms with Gasteiger partial charge in [-0.05, 0) is 29.8 Å². The van der Waals surface area contributed by atoms with E-state index in [0.717, 1.165) is 11.8 Å². The number of alkyl halides is 3. The van der Waals surface area contributed by atoms with E-state index < -0.39 is 16.2 Å². The van der Waals surface area contributed by atoms with Crippen LogP contribution < -0.4 is 9.64 Å². The van der Waals surface area contributed by atoms with Crippen LogP contribution in [0.3, 0.4) is 0 Å². The molecule has 1 aromatic heterocycles. The van der Waals surface area contributed by atoms with E-state index >= 15 is 0 Å². The molecule has 33 heavy (non-hydrogen) atoms. The molecule has 1 saturated heterocycles. The van der Waals surface area contributed by atoms with Crippen LogP contribution >= 0.6 is 11.3 Å². The number of aromatic nitrogens is 1. The minimum Gasteiger partial charge on any atom is -0.406 e. The molecule has 0 unspecified atom stereocenters. The number of hydrogen-bond donors (Lipinski definition) is 0. The van der Waals surface area contributed by atoms with E-state index in [9.17, 15) is 26.4 Å². The van der Waals surface area contributed by atoms with Crippen molar-refractivity contribution < 1.29 is 31.1 Å². The van der Waals surface area contributed by atoms with Gasteiger partial charge in [-0.3, -0.25) is 4.79 Å². The number of thiazole rings is 1. The number of hydrogen-bond acceptors (Lipinski definition) is 7. The van der Waals surface area contributed by atoms with Crippen LogP contribution in [0.4, 0.5) is 18.3 Å². The van der Waals surface area contributed by atoms with Gasteiger partial charge in [-0.1, -0.05) is 23.5 Å². The molecule has 4 rings (SSSR count). The van der Waals surface area contributed by atoms with E-state index in [0.29, 0.717) is 41.5 Å². The molecule has 1 aliphatic heterocycles. The lowest BCUT2D eigenvalue weighted by Crippen LogP contribution is -2.49. The van der Waals surface area contributed by atoms with Gasteiger partial charge < -0.3 is 14.5 Å². The Morgan fingerprint density at radius 3 is 2.36 bits per heavy atom. The lowest BCUT2D eigenvalue weighted by atomic mass is 10.1. The normalized spacial score (nSPS) is 15.2. The monoisotopic (exact) mass is 499 g/mol. The van der Waals surface area contributed by atoms with Gasteiger partial charge in [0, 0.05) is 38.5 Å². The predicted octanol–water partition coefficient (Wildman–Crippen LogP) is 3.49. The second-order valence-corrected chi connectivity index (χ2v) is 10.7. The Bertz CT molecular complexity index is 1270. The number of anilines is 1. The first kappa shape index (κ1) is 23.3. The number of fused-ring (bicyclic) bond motifs is 1. The van der Waals surface area contributed by atoms with Gasteiger partial charge in [-0.15, -0.1) is 13.2 Å². The molecule has 1 amide bonds. The number of halogens is 3. The number of carbonyl (C=O) groups excluding carboxylic acids is 1. The molecule has 0 radical (unpaired) electrons. The van der Waals surface area contributed by atoms with Crippen LogP contribution in [-0.2, 0) is 21.1 Å². The van der Waals surface area contributed by atoms with Crippen LogP contribution in [0.2, 0.25) is 0 Å². The van der Waals surface area contributed by atoms with Crippen LogP contribution in [0.1, 0.15) is 5.56 Å². The standard InChI is InChI=1S/C21H20F3N3O4S2/c1-33(29,30)16-5-2-14(3-6-16)12-19(28)26-8-10-27(11-9-26)20-25-17-7-4-15(13-18(17)32-20)31-21(22,23)24/h2-7,13H,8-12H2,1H3. The van der Waals surface area contributed by atoms with Gasteiger partial charge in [-0.2, -0.15) is 0 Å². The van der Waals surface area contributed by atoms with E-state index in [2.05, 4.69) is 9.72 Å². The number of nitrogens with zero attached hydrogens (tertiary/aromatic N) is 3. The van der Waals surface area contributed by atoms with Gasteiger partial charge in [0.25, 0.3) is 0 Å². The Labute approximate surface area is 192 Å². The maximum atomic E-state index is 12.7. The molecule has 1 fully saturated rings. The zero-order valence-corrected chi connectivity index (χ0v) is 19.1. The molecule has 2 aromatic carbocycles. The van der Waals surface area contributed by atoms with E-state index in [1.807, 2.05) is 4.90 Å². The van der Waals surface area contributed by atoms with Crippen LogP contribution in [0, 0.1) is 0 Å². The first-order valence-electron chi connectivity index (χ1n) is 9.96. The molecule has 0 bridgehead atoms. The fourth-order valence-electron chi connectivity index (χ4n) is 3.51. The van der Waals surface area contributed by atoms with E-state index in [4.69, 9.17) is 0 Å². The van der Waals surface area contributed by atoms with Gasteiger partial charge in [0.05, 0.1) is 21.5 Å². The number of benzene rings is 2. The summed E-state index contributed by atoms with van der Waals surface area (Å²) in [6.07, 6.45) is -3.44. The topological polar surface area (TPSA) is 79.8 Å². The highest BCUT2D eigenvalue weighted by Gasteiger charge is 2.31. The summed E-state index contributed by atoms with van der Waals surface area (Å²) < 4.78 is 65.0. The molecule has 7 nitrogen and oxygen atoms in total. The molecule has 2 heterocycles. The molecule has 1 aliphatic rings. The Kier molecular flexibility index (Phi) is 6.23. The molecule has 0 N–H and O–H groups in total. The highest BCUT2D eigenvalue weighted by molar-refractivity contribution is 7.90. The summed E-state index contributed by atoms with van der Waals surface area (Å²) in [5.74, 6) is -0.342. The minimum atomic E-state index is -4.75. The second-order valence-electron chi connectivity index (χ2n) is 7.63. The summed E-state index contributed by atoms with van der Waals surface area (Å²) in [5.41, 5.74) is 1.32. The second kappa shape index (κ2) is 8.82. The average molecular weight is 500 g/mol. The van der Waals surface area contributed by atoms with Crippen molar-refractivity contribution in [3.8, 4) is 5.75 Å². The highest BCUT2D eigenvalue weighted by Crippen LogP contribution is 2.33. The number of piperazine rings is 1. The van der Waals surface area contributed by atoms with Gasteiger partial charge in [-0.25, -0.2) is 13.4 Å². The van der Waals surface area contributed by atoms with E-state index in [1.54, 1.807) is 17.0 Å². The van der Waals surface area contributed by atoms with Gasteiger partial charge in [0.15, 0.2) is 15.0 Å². The Balaban J connectivity index is 1.36. The third-order valence-electron chi connectivity index (χ3n) is 5.19. The fraction of sp³-hybridized carbons (Fsp3) is 0.333. The van der Waals surface area contributed by atoms with Crippen LogP contribution in [0.15, 0.2) is 47.4 Å². The zero-order chi connectivity index (χ0) is 23.8. The molecular formula is C21H20F3N3O4S2. The van der Waals surface area contributed by atoms with Crippen molar-refractivity contribution in [2.75, 3.05) is 37.3 Å². The van der Waals surface area contributed by atoms with Crippen molar-refractivity contribution in [3.05, 3.63) is 48.0 Å². The molecule has 0 saturated carbocycles. The zero-order valence-electron chi connectivity index (χ0n) is 17.5. The minimum absolute atomic E-state index is 0.0556. The molecule has 0 atom stereocenters. The number of carbonyl (C=O) groups is 1. The van der Waals surface area contributed by atoms with Crippen molar-refractivity contribution in [3.63, 3.8) is 0 Å². The lowest BCUT2D eigenvalue weighted by molar-refractivity contribution is -0.274. The summed E-state index contributed by atoms with van der Waals surface area (Å²) in [6.45, 7) is 2.06. The summed E-state index contributed by atoms with van der Waals surface area (Å²) in [4.78, 5) is 21.1. The van der Waals surface area contributed by atoms with Gasteiger partial charge in [0.1, 0.15) is 5.75 Å². The highest BCUT2D eigenvalue weighted by atomic mass is 32.2. The summed E-state index contributed by atoms with van der Waals surface area (Å²) in [5, 5.41) is 0.678. The van der Waals surface area contributed by atoms with Crippen molar-refractivity contribution in [2.45, 2.75) is 17.7 Å². The van der Waals surface area contributed by atoms with Crippen molar-refractivity contribution in [1.29, 1.82) is 0 Å². The lowest BCUT2D eigenvalue weighted by Gasteiger charge is -2.34. The first-order valence-corrected chi connectivity index (χ1v) is 12.7.